The van der Waals surface area contributed by atoms with E-state index in [1.165, 1.54) is 0 Å². The van der Waals surface area contributed by atoms with Crippen molar-refractivity contribution in [3.63, 3.8) is 0 Å². The summed E-state index contributed by atoms with van der Waals surface area (Å²) in [6.07, 6.45) is 0.308. The summed E-state index contributed by atoms with van der Waals surface area (Å²) in [4.78, 5) is 27.6. The molecule has 1 amide bonds. The average Bonchev–Trinajstić information content (AvgIpc) is 3.45. The van der Waals surface area contributed by atoms with Gasteiger partial charge in [0.05, 0.1) is 12.5 Å². The van der Waals surface area contributed by atoms with Gasteiger partial charge in [0.15, 0.2) is 5.78 Å². The molecule has 3 aromatic carbocycles. The first-order valence-electron chi connectivity index (χ1n) is 8.75. The zero-order valence-electron chi connectivity index (χ0n) is 14.3. The maximum Gasteiger partial charge on any atom is 0.228 e. The monoisotopic (exact) mass is 341 g/mol. The topological polar surface area (TPSA) is 37.1 Å². The van der Waals surface area contributed by atoms with Gasteiger partial charge in [0.2, 0.25) is 5.91 Å². The van der Waals surface area contributed by atoms with Gasteiger partial charge < -0.3 is 4.90 Å². The lowest BCUT2D eigenvalue weighted by Gasteiger charge is -2.05. The molecule has 4 rings (SSSR count). The van der Waals surface area contributed by atoms with E-state index in [9.17, 15) is 9.59 Å². The van der Waals surface area contributed by atoms with E-state index >= 15 is 0 Å². The third-order valence-corrected chi connectivity index (χ3v) is 4.76. The molecule has 0 unspecified atom stereocenters. The molecule has 26 heavy (non-hydrogen) atoms. The summed E-state index contributed by atoms with van der Waals surface area (Å²) in [6.45, 7) is 0. The van der Waals surface area contributed by atoms with Crippen LogP contribution in [0.3, 0.4) is 0 Å². The minimum Gasteiger partial charge on any atom is -0.320 e. The van der Waals surface area contributed by atoms with E-state index in [4.69, 9.17) is 0 Å². The van der Waals surface area contributed by atoms with Crippen molar-refractivity contribution in [3.05, 3.63) is 108 Å². The molecule has 0 saturated carbocycles. The van der Waals surface area contributed by atoms with Crippen molar-refractivity contribution in [3.8, 4) is 0 Å². The van der Waals surface area contributed by atoms with Crippen LogP contribution < -0.4 is 0 Å². The Balaban J connectivity index is 1.60. The number of rotatable bonds is 5. The zero-order chi connectivity index (χ0) is 17.9. The molecule has 2 atom stereocenters. The van der Waals surface area contributed by atoms with Crippen LogP contribution >= 0.6 is 0 Å². The predicted octanol–water partition coefficient (Wildman–Crippen LogP) is 4.06. The Morgan fingerprint density at radius 1 is 0.731 bits per heavy atom. The van der Waals surface area contributed by atoms with Crippen LogP contribution in [0, 0.1) is 0 Å². The predicted molar refractivity (Wildman–Crippen MR) is 101 cm³/mol. The minimum atomic E-state index is -0.420. The van der Waals surface area contributed by atoms with Crippen LogP contribution in [-0.4, -0.2) is 22.6 Å². The van der Waals surface area contributed by atoms with Gasteiger partial charge in [-0.15, -0.1) is 0 Å². The van der Waals surface area contributed by atoms with Crippen molar-refractivity contribution in [1.29, 1.82) is 0 Å². The average molecular weight is 341 g/mol. The molecule has 0 aromatic heterocycles. The summed E-state index contributed by atoms with van der Waals surface area (Å²) in [6, 6.07) is 28.0. The molecule has 3 heteroatoms. The molecule has 0 N–H and O–H groups in total. The summed E-state index contributed by atoms with van der Waals surface area (Å²) >= 11 is 0. The highest BCUT2D eigenvalue weighted by atomic mass is 16.2. The van der Waals surface area contributed by atoms with Crippen LogP contribution in [0.2, 0.25) is 0 Å². The second kappa shape index (κ2) is 6.96. The fourth-order valence-electron chi connectivity index (χ4n) is 3.44. The lowest BCUT2D eigenvalue weighted by Crippen LogP contribution is -2.20. The largest absolute Gasteiger partial charge is 0.320 e. The van der Waals surface area contributed by atoms with Gasteiger partial charge in [-0.3, -0.25) is 9.59 Å². The molecular weight excluding hydrogens is 322 g/mol. The third-order valence-electron chi connectivity index (χ3n) is 4.76. The van der Waals surface area contributed by atoms with Crippen molar-refractivity contribution in [2.75, 3.05) is 0 Å². The molecule has 3 nitrogen and oxygen atoms in total. The van der Waals surface area contributed by atoms with E-state index in [0.717, 1.165) is 11.1 Å². The quantitative estimate of drug-likeness (QED) is 0.518. The number of carbonyl (C=O) groups is 2. The molecule has 0 radical (unpaired) electrons. The van der Waals surface area contributed by atoms with Gasteiger partial charge in [-0.25, -0.2) is 0 Å². The van der Waals surface area contributed by atoms with Gasteiger partial charge in [-0.1, -0.05) is 91.0 Å². The van der Waals surface area contributed by atoms with Gasteiger partial charge in [-0.05, 0) is 11.1 Å². The van der Waals surface area contributed by atoms with Gasteiger partial charge in [0, 0.05) is 5.56 Å². The van der Waals surface area contributed by atoms with Crippen LogP contribution in [0.1, 0.15) is 27.5 Å². The van der Waals surface area contributed by atoms with Crippen LogP contribution in [-0.2, 0) is 11.2 Å². The second-order valence-corrected chi connectivity index (χ2v) is 6.49. The second-order valence-electron chi connectivity index (χ2n) is 6.49. The number of amides is 1. The van der Waals surface area contributed by atoms with E-state index < -0.39 is 6.04 Å². The van der Waals surface area contributed by atoms with Gasteiger partial charge in [0.1, 0.15) is 6.04 Å². The Hall–Kier alpha value is -3.20. The third kappa shape index (κ3) is 3.16. The van der Waals surface area contributed by atoms with Crippen molar-refractivity contribution in [2.45, 2.75) is 18.5 Å². The molecule has 0 bridgehead atoms. The number of ketones is 1. The molecule has 0 aliphatic carbocycles. The summed E-state index contributed by atoms with van der Waals surface area (Å²) in [5, 5.41) is 0. The van der Waals surface area contributed by atoms with Crippen LogP contribution in [0.25, 0.3) is 0 Å². The Labute approximate surface area is 152 Å². The Bertz CT molecular complexity index is 907. The summed E-state index contributed by atoms with van der Waals surface area (Å²) in [5.41, 5.74) is 2.61. The first kappa shape index (κ1) is 16.3. The van der Waals surface area contributed by atoms with Crippen molar-refractivity contribution >= 4 is 11.7 Å². The first-order valence-corrected chi connectivity index (χ1v) is 8.75. The van der Waals surface area contributed by atoms with Crippen LogP contribution in [0.15, 0.2) is 91.0 Å². The first-order chi connectivity index (χ1) is 12.8. The van der Waals surface area contributed by atoms with E-state index in [2.05, 4.69) is 0 Å². The molecule has 1 aliphatic heterocycles. The van der Waals surface area contributed by atoms with Gasteiger partial charge >= 0.3 is 0 Å². The molecule has 1 saturated heterocycles. The lowest BCUT2D eigenvalue weighted by molar-refractivity contribution is -0.125. The van der Waals surface area contributed by atoms with Crippen LogP contribution in [0.4, 0.5) is 0 Å². The van der Waals surface area contributed by atoms with Crippen molar-refractivity contribution < 1.29 is 9.59 Å². The van der Waals surface area contributed by atoms with E-state index in [0.29, 0.717) is 12.0 Å². The Morgan fingerprint density at radius 2 is 1.27 bits per heavy atom. The molecule has 128 valence electrons. The molecule has 0 spiro atoms. The van der Waals surface area contributed by atoms with Gasteiger partial charge in [-0.2, -0.15) is 0 Å². The normalized spacial score (nSPS) is 18.4. The molecule has 1 aliphatic rings. The number of Topliss-reactive ketones (excluding diaryl/α,β-unsaturated/α-hetero) is 1. The molecule has 1 heterocycles. The smallest absolute Gasteiger partial charge is 0.228 e. The maximum atomic E-state index is 13.0. The fraction of sp³-hybridized carbons (Fsp3) is 0.130. The summed E-state index contributed by atoms with van der Waals surface area (Å²) < 4.78 is 0. The number of nitrogens with zero attached hydrogens (tertiary/aromatic N) is 1. The number of benzene rings is 3. The van der Waals surface area contributed by atoms with Crippen LogP contribution in [0.5, 0.6) is 0 Å². The zero-order valence-corrected chi connectivity index (χ0v) is 14.3. The highest BCUT2D eigenvalue weighted by molar-refractivity contribution is 6.06. The van der Waals surface area contributed by atoms with E-state index in [1.54, 1.807) is 4.90 Å². The summed E-state index contributed by atoms with van der Waals surface area (Å²) in [7, 11) is 0. The van der Waals surface area contributed by atoms with Crippen molar-refractivity contribution in [1.82, 2.24) is 4.90 Å². The maximum absolute atomic E-state index is 13.0. The molecule has 3 aromatic rings. The number of carbonyl (C=O) groups excluding carboxylic acids is 2. The standard InChI is InChI=1S/C23H19NO2/c25-20(16-17-10-4-1-5-11-17)24-21(18-12-6-2-7-13-18)22(24)23(26)19-14-8-3-9-15-19/h1-15,21-22H,16H2/t21-,22-,24?/m0/s1. The number of hydrogen-bond acceptors (Lipinski definition) is 2. The molecule has 1 fully saturated rings. The summed E-state index contributed by atoms with van der Waals surface area (Å²) in [5.74, 6) is -0.0137. The van der Waals surface area contributed by atoms with E-state index in [-0.39, 0.29) is 17.7 Å². The highest BCUT2D eigenvalue weighted by Crippen LogP contribution is 2.45. The van der Waals surface area contributed by atoms with Gasteiger partial charge in [0.25, 0.3) is 0 Å². The van der Waals surface area contributed by atoms with Crippen molar-refractivity contribution in [2.24, 2.45) is 0 Å². The Kier molecular flexibility index (Phi) is 4.36. The minimum absolute atomic E-state index is 0.000801. The highest BCUT2D eigenvalue weighted by Gasteiger charge is 2.55. The SMILES string of the molecule is O=C(c1ccccc1)[C@@H]1[C@H](c2ccccc2)N1C(=O)Cc1ccccc1. The molecular formula is C23H19NO2. The number of hydrogen-bond donors (Lipinski definition) is 0. The fourth-order valence-corrected chi connectivity index (χ4v) is 3.44. The van der Waals surface area contributed by atoms with E-state index in [1.807, 2.05) is 91.0 Å². The lowest BCUT2D eigenvalue weighted by atomic mass is 10.0. The Morgan fingerprint density at radius 3 is 1.88 bits per heavy atom.